The second-order valence-corrected chi connectivity index (χ2v) is 7.08. The lowest BCUT2D eigenvalue weighted by Crippen LogP contribution is -2.24. The third kappa shape index (κ3) is 3.64. The minimum atomic E-state index is -0.0280. The summed E-state index contributed by atoms with van der Waals surface area (Å²) < 4.78 is 1.82. The van der Waals surface area contributed by atoms with Crippen LogP contribution in [0.3, 0.4) is 0 Å². The van der Waals surface area contributed by atoms with Gasteiger partial charge in [0.05, 0.1) is 13.1 Å². The van der Waals surface area contributed by atoms with Crippen molar-refractivity contribution in [3.05, 3.63) is 19.2 Å². The lowest BCUT2D eigenvalue weighted by atomic mass is 10.3. The molecule has 1 aromatic heterocycles. The first-order valence-corrected chi connectivity index (χ1v) is 7.46. The van der Waals surface area contributed by atoms with E-state index in [1.165, 1.54) is 11.3 Å². The fraction of sp³-hybridized carbons (Fsp3) is 0.375. The van der Waals surface area contributed by atoms with E-state index >= 15 is 0 Å². The van der Waals surface area contributed by atoms with Crippen molar-refractivity contribution >= 4 is 65.0 Å². The van der Waals surface area contributed by atoms with Gasteiger partial charge < -0.3 is 5.32 Å². The summed E-state index contributed by atoms with van der Waals surface area (Å²) in [5, 5.41) is 3.75. The Balaban J connectivity index is 2.56. The minimum Gasteiger partial charge on any atom is -0.352 e. The van der Waals surface area contributed by atoms with E-state index in [2.05, 4.69) is 53.1 Å². The van der Waals surface area contributed by atoms with Gasteiger partial charge in [0, 0.05) is 11.9 Å². The molecule has 0 aliphatic rings. The van der Waals surface area contributed by atoms with Crippen LogP contribution < -0.4 is 5.32 Å². The largest absolute Gasteiger partial charge is 0.352 e. The highest BCUT2D eigenvalue weighted by Gasteiger charge is 2.12. The fourth-order valence-corrected chi connectivity index (χ4v) is 3.93. The topological polar surface area (TPSA) is 29.1 Å². The zero-order valence-corrected chi connectivity index (χ0v) is 12.7. The minimum absolute atomic E-state index is 0.0280. The van der Waals surface area contributed by atoms with Gasteiger partial charge >= 0.3 is 0 Å². The van der Waals surface area contributed by atoms with Crippen LogP contribution in [0.4, 0.5) is 0 Å². The summed E-state index contributed by atoms with van der Waals surface area (Å²) in [5.41, 5.74) is 0.691. The zero-order chi connectivity index (χ0) is 10.6. The number of nitrogens with one attached hydrogen (secondary N) is 1. The predicted octanol–water partition coefficient (Wildman–Crippen LogP) is 3.79. The molecule has 0 saturated heterocycles. The summed E-state index contributed by atoms with van der Waals surface area (Å²) in [6.45, 7) is 0.698. The number of hydrogen-bond acceptors (Lipinski definition) is 2. The first-order valence-electron chi connectivity index (χ1n) is 3.94. The molecule has 1 rings (SSSR count). The summed E-state index contributed by atoms with van der Waals surface area (Å²) in [6.07, 6.45) is 0.939. The Morgan fingerprint density at radius 3 is 2.71 bits per heavy atom. The molecule has 78 valence electrons. The van der Waals surface area contributed by atoms with Crippen LogP contribution in [-0.4, -0.2) is 17.8 Å². The first kappa shape index (κ1) is 12.7. The van der Waals surface area contributed by atoms with Gasteiger partial charge in [0.1, 0.15) is 0 Å². The third-order valence-electron chi connectivity index (χ3n) is 1.50. The molecule has 1 heterocycles. The standard InChI is InChI=1S/C8H8Br3NOS/c9-2-1-3-12-8(13)5-4-6(10)14-7(5)11/h4H,1-3H2,(H,12,13). The molecule has 14 heavy (non-hydrogen) atoms. The molecule has 0 aliphatic carbocycles. The molecule has 1 N–H and O–H groups in total. The monoisotopic (exact) mass is 403 g/mol. The SMILES string of the molecule is O=C(NCCCBr)c1cc(Br)sc1Br. The van der Waals surface area contributed by atoms with E-state index in [0.29, 0.717) is 12.1 Å². The maximum absolute atomic E-state index is 11.6. The molecule has 0 bridgehead atoms. The van der Waals surface area contributed by atoms with Crippen molar-refractivity contribution in [2.45, 2.75) is 6.42 Å². The number of amides is 1. The second-order valence-electron chi connectivity index (χ2n) is 2.54. The lowest BCUT2D eigenvalue weighted by Gasteiger charge is -2.01. The van der Waals surface area contributed by atoms with Gasteiger partial charge in [-0.25, -0.2) is 0 Å². The number of hydrogen-bond donors (Lipinski definition) is 1. The second kappa shape index (κ2) is 6.25. The highest BCUT2D eigenvalue weighted by atomic mass is 79.9. The molecule has 0 unspecified atom stereocenters. The molecule has 2 nitrogen and oxygen atoms in total. The van der Waals surface area contributed by atoms with Gasteiger partial charge in [-0.1, -0.05) is 15.9 Å². The number of alkyl halides is 1. The van der Waals surface area contributed by atoms with Crippen molar-refractivity contribution < 1.29 is 4.79 Å². The number of carbonyl (C=O) groups is 1. The molecular weight excluding hydrogens is 398 g/mol. The summed E-state index contributed by atoms with van der Waals surface area (Å²) in [7, 11) is 0. The van der Waals surface area contributed by atoms with Crippen LogP contribution in [0, 0.1) is 0 Å². The van der Waals surface area contributed by atoms with E-state index in [0.717, 1.165) is 19.3 Å². The van der Waals surface area contributed by atoms with Crippen LogP contribution in [-0.2, 0) is 0 Å². The Labute approximate surface area is 112 Å². The van der Waals surface area contributed by atoms with Crippen molar-refractivity contribution in [1.82, 2.24) is 5.32 Å². The highest BCUT2D eigenvalue weighted by molar-refractivity contribution is 9.12. The quantitative estimate of drug-likeness (QED) is 0.599. The van der Waals surface area contributed by atoms with E-state index < -0.39 is 0 Å². The van der Waals surface area contributed by atoms with E-state index in [1.54, 1.807) is 0 Å². The van der Waals surface area contributed by atoms with Crippen molar-refractivity contribution in [3.63, 3.8) is 0 Å². The molecule has 6 heteroatoms. The maximum atomic E-state index is 11.6. The van der Waals surface area contributed by atoms with Crippen LogP contribution >= 0.6 is 59.1 Å². The fourth-order valence-electron chi connectivity index (χ4n) is 0.859. The molecule has 0 radical (unpaired) electrons. The summed E-state index contributed by atoms with van der Waals surface area (Å²) >= 11 is 11.5. The van der Waals surface area contributed by atoms with E-state index in [4.69, 9.17) is 0 Å². The van der Waals surface area contributed by atoms with Gasteiger partial charge in [-0.2, -0.15) is 0 Å². The molecule has 0 atom stereocenters. The zero-order valence-electron chi connectivity index (χ0n) is 7.15. The Morgan fingerprint density at radius 2 is 2.21 bits per heavy atom. The normalized spacial score (nSPS) is 10.2. The molecule has 0 saturated carbocycles. The average Bonchev–Trinajstić information content (AvgIpc) is 2.45. The third-order valence-corrected chi connectivity index (χ3v) is 4.40. The first-order chi connectivity index (χ1) is 6.65. The van der Waals surface area contributed by atoms with Gasteiger partial charge in [-0.05, 0) is 44.3 Å². The molecule has 0 aliphatic heterocycles. The van der Waals surface area contributed by atoms with Crippen LogP contribution in [0.15, 0.2) is 13.6 Å². The molecule has 0 fully saturated rings. The van der Waals surface area contributed by atoms with Gasteiger partial charge in [0.2, 0.25) is 0 Å². The molecule has 1 aromatic rings. The highest BCUT2D eigenvalue weighted by Crippen LogP contribution is 2.31. The molecule has 0 aromatic carbocycles. The van der Waals surface area contributed by atoms with Crippen molar-refractivity contribution in [3.8, 4) is 0 Å². The Hall–Kier alpha value is 0.610. The lowest BCUT2D eigenvalue weighted by molar-refractivity contribution is 0.0953. The van der Waals surface area contributed by atoms with Gasteiger partial charge in [-0.3, -0.25) is 4.79 Å². The number of thiophene rings is 1. The molecule has 1 amide bonds. The van der Waals surface area contributed by atoms with Gasteiger partial charge in [0.15, 0.2) is 0 Å². The maximum Gasteiger partial charge on any atom is 0.253 e. The van der Waals surface area contributed by atoms with Gasteiger partial charge in [0.25, 0.3) is 5.91 Å². The van der Waals surface area contributed by atoms with Crippen molar-refractivity contribution in [2.75, 3.05) is 11.9 Å². The molecule has 0 spiro atoms. The van der Waals surface area contributed by atoms with E-state index in [1.807, 2.05) is 6.07 Å². The Kier molecular flexibility index (Phi) is 5.66. The smallest absolute Gasteiger partial charge is 0.253 e. The summed E-state index contributed by atoms with van der Waals surface area (Å²) in [6, 6.07) is 1.82. The predicted molar refractivity (Wildman–Crippen MR) is 70.5 cm³/mol. The van der Waals surface area contributed by atoms with Crippen LogP contribution in [0.1, 0.15) is 16.8 Å². The van der Waals surface area contributed by atoms with Crippen LogP contribution in [0.25, 0.3) is 0 Å². The Morgan fingerprint density at radius 1 is 1.50 bits per heavy atom. The van der Waals surface area contributed by atoms with Crippen molar-refractivity contribution in [1.29, 1.82) is 0 Å². The number of halogens is 3. The van der Waals surface area contributed by atoms with E-state index in [9.17, 15) is 4.79 Å². The Bertz CT molecular complexity index is 326. The summed E-state index contributed by atoms with van der Waals surface area (Å²) in [5.74, 6) is -0.0280. The summed E-state index contributed by atoms with van der Waals surface area (Å²) in [4.78, 5) is 11.6. The number of carbonyl (C=O) groups excluding carboxylic acids is 1. The van der Waals surface area contributed by atoms with Gasteiger partial charge in [-0.15, -0.1) is 11.3 Å². The van der Waals surface area contributed by atoms with E-state index in [-0.39, 0.29) is 5.91 Å². The molecular formula is C8H8Br3NOS. The average molecular weight is 406 g/mol. The van der Waals surface area contributed by atoms with Crippen molar-refractivity contribution in [2.24, 2.45) is 0 Å². The van der Waals surface area contributed by atoms with Crippen LogP contribution in [0.5, 0.6) is 0 Å². The van der Waals surface area contributed by atoms with Crippen LogP contribution in [0.2, 0.25) is 0 Å². The number of rotatable bonds is 4.